The number of nitrogens with zero attached hydrogens (tertiary/aromatic N) is 1. The Balaban J connectivity index is 2.33. The van der Waals surface area contributed by atoms with Gasteiger partial charge in [-0.05, 0) is 18.2 Å². The molecule has 0 spiro atoms. The minimum absolute atomic E-state index is 0.0455. The second-order valence-corrected chi connectivity index (χ2v) is 5.40. The minimum atomic E-state index is -0.490. The summed E-state index contributed by atoms with van der Waals surface area (Å²) >= 11 is 9.14. The molecule has 0 aliphatic rings. The molecule has 2 aromatic rings. The summed E-state index contributed by atoms with van der Waals surface area (Å²) < 4.78 is 0.616. The molecule has 0 fully saturated rings. The van der Waals surface area contributed by atoms with Crippen LogP contribution in [0.15, 0.2) is 46.9 Å². The lowest BCUT2D eigenvalue weighted by Crippen LogP contribution is -2.06. The predicted molar refractivity (Wildman–Crippen MR) is 80.3 cm³/mol. The van der Waals surface area contributed by atoms with Gasteiger partial charge in [0.05, 0.1) is 4.92 Å². The highest BCUT2D eigenvalue weighted by atomic mass is 79.9. The number of carbonyl (C=O) groups excluding carboxylic acids is 1. The number of nitro benzene ring substituents is 1. The van der Waals surface area contributed by atoms with E-state index in [1.165, 1.54) is 6.07 Å². The van der Waals surface area contributed by atoms with Crippen molar-refractivity contribution in [3.8, 4) is 0 Å². The maximum Gasteiger partial charge on any atom is 0.273 e. The van der Waals surface area contributed by atoms with Gasteiger partial charge in [0.1, 0.15) is 0 Å². The van der Waals surface area contributed by atoms with E-state index in [1.807, 2.05) is 0 Å². The number of carbonyl (C=O) groups is 1. The normalized spacial score (nSPS) is 10.3. The smallest absolute Gasteiger partial charge is 0.273 e. The maximum absolute atomic E-state index is 12.3. The predicted octanol–water partition coefficient (Wildman–Crippen LogP) is 4.44. The number of rotatable bonds is 4. The Hall–Kier alpha value is -1.72. The highest BCUT2D eigenvalue weighted by molar-refractivity contribution is 9.10. The second-order valence-electron chi connectivity index (χ2n) is 4.11. The van der Waals surface area contributed by atoms with Crippen molar-refractivity contribution in [1.82, 2.24) is 0 Å². The molecular weight excluding hydrogens is 346 g/mol. The van der Waals surface area contributed by atoms with Crippen LogP contribution in [0.1, 0.15) is 15.9 Å². The number of Topliss-reactive ketones (excluding diaryl/α,β-unsaturated/α-hetero) is 1. The molecule has 0 aliphatic heterocycles. The molecule has 0 radical (unpaired) electrons. The molecule has 0 saturated heterocycles. The molecule has 0 aromatic heterocycles. The summed E-state index contributed by atoms with van der Waals surface area (Å²) in [6.45, 7) is 0. The van der Waals surface area contributed by atoms with Crippen molar-refractivity contribution < 1.29 is 9.72 Å². The van der Waals surface area contributed by atoms with E-state index in [9.17, 15) is 14.9 Å². The van der Waals surface area contributed by atoms with E-state index in [1.54, 1.807) is 36.4 Å². The Kier molecular flexibility index (Phi) is 4.52. The topological polar surface area (TPSA) is 60.2 Å². The Bertz CT molecular complexity index is 688. The van der Waals surface area contributed by atoms with Crippen LogP contribution in [-0.4, -0.2) is 10.7 Å². The number of halogens is 2. The van der Waals surface area contributed by atoms with Crippen LogP contribution in [0.25, 0.3) is 0 Å². The van der Waals surface area contributed by atoms with Crippen molar-refractivity contribution in [2.75, 3.05) is 0 Å². The SMILES string of the molecule is O=C(Cc1ccccc1[N+](=O)[O-])c1cc(Cl)ccc1Br. The molecular formula is C14H9BrClNO3. The second kappa shape index (κ2) is 6.15. The zero-order valence-electron chi connectivity index (χ0n) is 10.2. The van der Waals surface area contributed by atoms with Gasteiger partial charge in [0.25, 0.3) is 5.69 Å². The molecule has 102 valence electrons. The molecule has 0 aliphatic carbocycles. The first-order valence-electron chi connectivity index (χ1n) is 5.69. The first-order valence-corrected chi connectivity index (χ1v) is 6.86. The van der Waals surface area contributed by atoms with Gasteiger partial charge in [-0.2, -0.15) is 0 Å². The van der Waals surface area contributed by atoms with Crippen molar-refractivity contribution in [3.63, 3.8) is 0 Å². The molecule has 0 atom stereocenters. The molecule has 2 aromatic carbocycles. The molecule has 4 nitrogen and oxygen atoms in total. The molecule has 6 heteroatoms. The van der Waals surface area contributed by atoms with E-state index in [2.05, 4.69) is 15.9 Å². The lowest BCUT2D eigenvalue weighted by atomic mass is 10.0. The van der Waals surface area contributed by atoms with Gasteiger partial charge in [-0.15, -0.1) is 0 Å². The van der Waals surface area contributed by atoms with Crippen LogP contribution < -0.4 is 0 Å². The number of ketones is 1. The molecule has 0 bridgehead atoms. The van der Waals surface area contributed by atoms with Crippen LogP contribution in [0, 0.1) is 10.1 Å². The van der Waals surface area contributed by atoms with Crippen LogP contribution in [0.3, 0.4) is 0 Å². The van der Waals surface area contributed by atoms with Gasteiger partial charge in [-0.3, -0.25) is 14.9 Å². The van der Waals surface area contributed by atoms with E-state index in [0.29, 0.717) is 20.6 Å². The molecule has 0 N–H and O–H groups in total. The molecule has 0 saturated carbocycles. The van der Waals surface area contributed by atoms with Crippen LogP contribution in [0.5, 0.6) is 0 Å². The molecule has 0 amide bonds. The van der Waals surface area contributed by atoms with Gasteiger partial charge in [-0.25, -0.2) is 0 Å². The summed E-state index contributed by atoms with van der Waals surface area (Å²) in [4.78, 5) is 22.7. The van der Waals surface area contributed by atoms with Gasteiger partial charge >= 0.3 is 0 Å². The van der Waals surface area contributed by atoms with E-state index >= 15 is 0 Å². The summed E-state index contributed by atoms with van der Waals surface area (Å²) in [5.74, 6) is -0.228. The van der Waals surface area contributed by atoms with Crippen molar-refractivity contribution in [3.05, 3.63) is 73.2 Å². The monoisotopic (exact) mass is 353 g/mol. The van der Waals surface area contributed by atoms with E-state index < -0.39 is 4.92 Å². The highest BCUT2D eigenvalue weighted by Gasteiger charge is 2.18. The third-order valence-corrected chi connectivity index (χ3v) is 3.69. The fourth-order valence-electron chi connectivity index (χ4n) is 1.82. The molecule has 0 unspecified atom stereocenters. The van der Waals surface area contributed by atoms with Crippen molar-refractivity contribution in [2.45, 2.75) is 6.42 Å². The Morgan fingerprint density at radius 3 is 2.65 bits per heavy atom. The maximum atomic E-state index is 12.3. The molecule has 2 rings (SSSR count). The summed E-state index contributed by atoms with van der Waals surface area (Å²) in [6, 6.07) is 11.1. The van der Waals surface area contributed by atoms with Crippen LogP contribution in [0.4, 0.5) is 5.69 Å². The quantitative estimate of drug-likeness (QED) is 0.463. The largest absolute Gasteiger partial charge is 0.294 e. The first-order chi connectivity index (χ1) is 9.49. The van der Waals surface area contributed by atoms with E-state index in [-0.39, 0.29) is 17.9 Å². The molecule has 20 heavy (non-hydrogen) atoms. The zero-order chi connectivity index (χ0) is 14.7. The molecule has 0 heterocycles. The van der Waals surface area contributed by atoms with Crippen molar-refractivity contribution >= 4 is 39.0 Å². The number of benzene rings is 2. The van der Waals surface area contributed by atoms with Gasteiger partial charge in [0, 0.05) is 33.1 Å². The fraction of sp³-hybridized carbons (Fsp3) is 0.0714. The van der Waals surface area contributed by atoms with Gasteiger partial charge in [0.15, 0.2) is 5.78 Å². The van der Waals surface area contributed by atoms with Gasteiger partial charge in [-0.1, -0.05) is 45.7 Å². The van der Waals surface area contributed by atoms with Gasteiger partial charge in [0.2, 0.25) is 0 Å². The summed E-state index contributed by atoms with van der Waals surface area (Å²) in [6.07, 6.45) is -0.0455. The summed E-state index contributed by atoms with van der Waals surface area (Å²) in [7, 11) is 0. The van der Waals surface area contributed by atoms with Crippen LogP contribution in [-0.2, 0) is 6.42 Å². The Labute approximate surface area is 128 Å². The van der Waals surface area contributed by atoms with E-state index in [4.69, 9.17) is 11.6 Å². The average molecular weight is 355 g/mol. The van der Waals surface area contributed by atoms with Crippen molar-refractivity contribution in [1.29, 1.82) is 0 Å². The zero-order valence-corrected chi connectivity index (χ0v) is 12.5. The third-order valence-electron chi connectivity index (χ3n) is 2.77. The van der Waals surface area contributed by atoms with Crippen LogP contribution >= 0.6 is 27.5 Å². The number of nitro groups is 1. The number of hydrogen-bond donors (Lipinski definition) is 0. The van der Waals surface area contributed by atoms with Gasteiger partial charge < -0.3 is 0 Å². The number of hydrogen-bond acceptors (Lipinski definition) is 3. The standard InChI is InChI=1S/C14H9BrClNO3/c15-12-6-5-10(16)8-11(12)14(18)7-9-3-1-2-4-13(9)17(19)20/h1-6,8H,7H2. The minimum Gasteiger partial charge on any atom is -0.294 e. The lowest BCUT2D eigenvalue weighted by molar-refractivity contribution is -0.385. The van der Waals surface area contributed by atoms with Crippen molar-refractivity contribution in [2.24, 2.45) is 0 Å². The summed E-state index contributed by atoms with van der Waals surface area (Å²) in [5.41, 5.74) is 0.740. The third kappa shape index (κ3) is 3.23. The summed E-state index contributed by atoms with van der Waals surface area (Å²) in [5, 5.41) is 11.4. The Morgan fingerprint density at radius 2 is 1.95 bits per heavy atom. The van der Waals surface area contributed by atoms with Crippen LogP contribution in [0.2, 0.25) is 5.02 Å². The first kappa shape index (κ1) is 14.7. The lowest BCUT2D eigenvalue weighted by Gasteiger charge is -2.05. The average Bonchev–Trinajstić information content (AvgIpc) is 2.41. The van der Waals surface area contributed by atoms with E-state index in [0.717, 1.165) is 0 Å². The number of para-hydroxylation sites is 1. The Morgan fingerprint density at radius 1 is 1.25 bits per heavy atom. The highest BCUT2D eigenvalue weighted by Crippen LogP contribution is 2.25. The fourth-order valence-corrected chi connectivity index (χ4v) is 2.46.